The van der Waals surface area contributed by atoms with E-state index in [-0.39, 0.29) is 11.8 Å². The fraction of sp³-hybridized carbons (Fsp3) is 0.130. The van der Waals surface area contributed by atoms with Gasteiger partial charge in [-0.25, -0.2) is 9.97 Å². The van der Waals surface area contributed by atoms with Gasteiger partial charge in [-0.3, -0.25) is 9.59 Å². The Hall–Kier alpha value is -4.40. The lowest BCUT2D eigenvalue weighted by Gasteiger charge is -2.18. The van der Waals surface area contributed by atoms with Crippen LogP contribution in [0, 0.1) is 6.92 Å². The molecule has 1 aliphatic rings. The molecular weight excluding hydrogens is 410 g/mol. The van der Waals surface area contributed by atoms with Gasteiger partial charge in [0, 0.05) is 23.1 Å². The molecule has 3 N–H and O–H groups in total. The average Bonchev–Trinajstić information content (AvgIpc) is 3.29. The number of aryl methyl sites for hydroxylation is 1. The van der Waals surface area contributed by atoms with Gasteiger partial charge in [-0.15, -0.1) is 0 Å². The van der Waals surface area contributed by atoms with Crippen LogP contribution >= 0.6 is 0 Å². The Kier molecular flexibility index (Phi) is 4.91. The fourth-order valence-electron chi connectivity index (χ4n) is 3.37. The molecular formula is C23H19N5O4. The first-order valence-corrected chi connectivity index (χ1v) is 9.99. The van der Waals surface area contributed by atoms with Gasteiger partial charge in [0.25, 0.3) is 11.8 Å². The van der Waals surface area contributed by atoms with E-state index >= 15 is 0 Å². The third kappa shape index (κ3) is 3.83. The predicted octanol–water partition coefficient (Wildman–Crippen LogP) is 3.54. The average molecular weight is 429 g/mol. The predicted molar refractivity (Wildman–Crippen MR) is 118 cm³/mol. The maximum absolute atomic E-state index is 12.7. The molecule has 0 atom stereocenters. The van der Waals surface area contributed by atoms with E-state index in [1.165, 1.54) is 12.5 Å². The van der Waals surface area contributed by atoms with Crippen LogP contribution in [0.15, 0.2) is 55.0 Å². The summed E-state index contributed by atoms with van der Waals surface area (Å²) in [5, 5.41) is 5.73. The van der Waals surface area contributed by atoms with Crippen molar-refractivity contribution in [1.29, 1.82) is 0 Å². The van der Waals surface area contributed by atoms with Crippen LogP contribution in [0.25, 0.3) is 11.2 Å². The maximum Gasteiger partial charge on any atom is 0.257 e. The Morgan fingerprint density at radius 2 is 1.72 bits per heavy atom. The lowest BCUT2D eigenvalue weighted by Crippen LogP contribution is -2.17. The number of benzene rings is 2. The summed E-state index contributed by atoms with van der Waals surface area (Å²) in [6.45, 7) is 2.81. The van der Waals surface area contributed by atoms with Crippen molar-refractivity contribution in [2.75, 3.05) is 23.8 Å². The summed E-state index contributed by atoms with van der Waals surface area (Å²) in [4.78, 5) is 36.6. The van der Waals surface area contributed by atoms with Crippen LogP contribution in [0.4, 0.5) is 11.4 Å². The smallest absolute Gasteiger partial charge is 0.257 e. The largest absolute Gasteiger partial charge is 0.486 e. The van der Waals surface area contributed by atoms with Gasteiger partial charge in [0.1, 0.15) is 13.2 Å². The molecule has 4 aromatic rings. The van der Waals surface area contributed by atoms with Gasteiger partial charge in [-0.2, -0.15) is 0 Å². The first-order chi connectivity index (χ1) is 15.6. The summed E-state index contributed by atoms with van der Waals surface area (Å²) in [7, 11) is 0. The zero-order valence-corrected chi connectivity index (χ0v) is 17.1. The van der Waals surface area contributed by atoms with Crippen LogP contribution in [0.1, 0.15) is 26.3 Å². The summed E-state index contributed by atoms with van der Waals surface area (Å²) in [6.07, 6.45) is 3.00. The number of aromatic nitrogens is 3. The van der Waals surface area contributed by atoms with Crippen molar-refractivity contribution in [2.24, 2.45) is 0 Å². The molecule has 1 aliphatic heterocycles. The molecule has 3 heterocycles. The first-order valence-electron chi connectivity index (χ1n) is 9.99. The Balaban J connectivity index is 1.33. The molecule has 0 unspecified atom stereocenters. The van der Waals surface area contributed by atoms with E-state index in [1.807, 2.05) is 13.0 Å². The summed E-state index contributed by atoms with van der Waals surface area (Å²) in [5.41, 5.74) is 4.04. The number of rotatable bonds is 4. The normalized spacial score (nSPS) is 12.4. The summed E-state index contributed by atoms with van der Waals surface area (Å²) < 4.78 is 11.0. The summed E-state index contributed by atoms with van der Waals surface area (Å²) in [5.74, 6) is 0.559. The number of imidazole rings is 1. The van der Waals surface area contributed by atoms with E-state index in [0.29, 0.717) is 58.4 Å². The number of fused-ring (bicyclic) bond motifs is 2. The molecule has 0 radical (unpaired) electrons. The van der Waals surface area contributed by atoms with E-state index in [0.717, 1.165) is 5.56 Å². The zero-order valence-electron chi connectivity index (χ0n) is 17.1. The van der Waals surface area contributed by atoms with Crippen LogP contribution in [-0.4, -0.2) is 40.0 Å². The Bertz CT molecular complexity index is 1350. The number of carbonyl (C=O) groups is 2. The van der Waals surface area contributed by atoms with Crippen LogP contribution in [0.2, 0.25) is 0 Å². The molecule has 0 fully saturated rings. The fourth-order valence-corrected chi connectivity index (χ4v) is 3.37. The molecule has 2 aromatic heterocycles. The van der Waals surface area contributed by atoms with Crippen molar-refractivity contribution in [3.05, 3.63) is 71.7 Å². The number of H-pyrrole nitrogens is 1. The van der Waals surface area contributed by atoms with Gasteiger partial charge in [-0.1, -0.05) is 6.07 Å². The highest BCUT2D eigenvalue weighted by molar-refractivity contribution is 6.07. The summed E-state index contributed by atoms with van der Waals surface area (Å²) >= 11 is 0. The quantitative estimate of drug-likeness (QED) is 0.457. The number of nitrogens with zero attached hydrogens (tertiary/aromatic N) is 2. The van der Waals surface area contributed by atoms with Crippen molar-refractivity contribution in [3.63, 3.8) is 0 Å². The topological polar surface area (TPSA) is 118 Å². The molecule has 5 rings (SSSR count). The molecule has 2 aromatic carbocycles. The molecule has 0 aliphatic carbocycles. The lowest BCUT2D eigenvalue weighted by atomic mass is 10.1. The number of aromatic amines is 1. The highest BCUT2D eigenvalue weighted by atomic mass is 16.6. The van der Waals surface area contributed by atoms with Gasteiger partial charge in [-0.05, 0) is 48.9 Å². The van der Waals surface area contributed by atoms with Crippen molar-refractivity contribution in [3.8, 4) is 11.5 Å². The lowest BCUT2D eigenvalue weighted by molar-refractivity contribution is 0.101. The van der Waals surface area contributed by atoms with E-state index in [2.05, 4.69) is 25.6 Å². The number of amides is 2. The number of hydrogen-bond acceptors (Lipinski definition) is 6. The van der Waals surface area contributed by atoms with Gasteiger partial charge in [0.2, 0.25) is 0 Å². The van der Waals surface area contributed by atoms with Crippen molar-refractivity contribution >= 4 is 34.4 Å². The van der Waals surface area contributed by atoms with Crippen molar-refractivity contribution < 1.29 is 19.1 Å². The SMILES string of the molecule is Cc1ccc(NC(=O)c2ccc3c(c2)OCCO3)cc1NC(=O)c1cnc2nc[nH]c2c1. The number of pyridine rings is 1. The van der Waals surface area contributed by atoms with Gasteiger partial charge >= 0.3 is 0 Å². The van der Waals surface area contributed by atoms with Crippen LogP contribution < -0.4 is 20.1 Å². The minimum Gasteiger partial charge on any atom is -0.486 e. The van der Waals surface area contributed by atoms with Crippen LogP contribution in [0.3, 0.4) is 0 Å². The maximum atomic E-state index is 12.7. The number of ether oxygens (including phenoxy) is 2. The molecule has 9 heteroatoms. The third-order valence-electron chi connectivity index (χ3n) is 5.08. The standard InChI is InChI=1S/C23H19N5O4/c1-13-2-4-16(27-22(29)14-3-5-19-20(9-14)32-7-6-31-19)10-17(13)28-23(30)15-8-18-21(24-11-15)26-12-25-18/h2-5,8-12H,6-7H2,1H3,(H,27,29)(H,28,30)(H,24,25,26). The second kappa shape index (κ2) is 8.03. The van der Waals surface area contributed by atoms with E-state index in [9.17, 15) is 9.59 Å². The van der Waals surface area contributed by atoms with E-state index in [4.69, 9.17) is 9.47 Å². The van der Waals surface area contributed by atoms with E-state index in [1.54, 1.807) is 36.4 Å². The minimum atomic E-state index is -0.313. The first kappa shape index (κ1) is 19.6. The second-order valence-corrected chi connectivity index (χ2v) is 7.29. The van der Waals surface area contributed by atoms with Crippen molar-refractivity contribution in [2.45, 2.75) is 6.92 Å². The third-order valence-corrected chi connectivity index (χ3v) is 5.08. The molecule has 2 amide bonds. The zero-order chi connectivity index (χ0) is 22.1. The number of carbonyl (C=O) groups excluding carboxylic acids is 2. The number of nitrogens with one attached hydrogen (secondary N) is 3. The molecule has 0 spiro atoms. The van der Waals surface area contributed by atoms with Gasteiger partial charge in [0.05, 0.1) is 17.4 Å². The Morgan fingerprint density at radius 1 is 0.906 bits per heavy atom. The van der Waals surface area contributed by atoms with Gasteiger partial charge in [0.15, 0.2) is 17.1 Å². The monoisotopic (exact) mass is 429 g/mol. The van der Waals surface area contributed by atoms with Crippen LogP contribution in [-0.2, 0) is 0 Å². The Labute approximate surface area is 182 Å². The molecule has 0 bridgehead atoms. The van der Waals surface area contributed by atoms with Gasteiger partial charge < -0.3 is 25.1 Å². The number of anilines is 2. The minimum absolute atomic E-state index is 0.294. The van der Waals surface area contributed by atoms with Crippen LogP contribution in [0.5, 0.6) is 11.5 Å². The molecule has 0 saturated carbocycles. The molecule has 32 heavy (non-hydrogen) atoms. The summed E-state index contributed by atoms with van der Waals surface area (Å²) in [6, 6.07) is 12.1. The van der Waals surface area contributed by atoms with E-state index < -0.39 is 0 Å². The Morgan fingerprint density at radius 3 is 2.59 bits per heavy atom. The van der Waals surface area contributed by atoms with Crippen molar-refractivity contribution in [1.82, 2.24) is 15.0 Å². The molecule has 9 nitrogen and oxygen atoms in total. The molecule has 160 valence electrons. The molecule has 0 saturated heterocycles. The highest BCUT2D eigenvalue weighted by Gasteiger charge is 2.16. The number of hydrogen-bond donors (Lipinski definition) is 3. The highest BCUT2D eigenvalue weighted by Crippen LogP contribution is 2.31. The second-order valence-electron chi connectivity index (χ2n) is 7.29.